The third-order valence-corrected chi connectivity index (χ3v) is 3.94. The van der Waals surface area contributed by atoms with Crippen LogP contribution in [0.15, 0.2) is 53.5 Å². The van der Waals surface area contributed by atoms with E-state index in [9.17, 15) is 4.79 Å². The number of amides is 1. The van der Waals surface area contributed by atoms with Gasteiger partial charge >= 0.3 is 6.09 Å². The van der Waals surface area contributed by atoms with Crippen molar-refractivity contribution in [1.29, 1.82) is 0 Å². The van der Waals surface area contributed by atoms with Crippen LogP contribution in [0.3, 0.4) is 0 Å². The standard InChI is InChI=1S/C19H23ClN4O2.HI/c1-21-18(22-12-11-14-3-7-16(20)8-4-14)23-13-15-5-9-17(10-6-15)24-19(25)26-2;/h3-10H,11-13H2,1-2H3,(H,24,25)(H2,21,22,23);1H. The highest BCUT2D eigenvalue weighted by molar-refractivity contribution is 14.0. The fourth-order valence-electron chi connectivity index (χ4n) is 2.26. The van der Waals surface area contributed by atoms with Gasteiger partial charge in [0.2, 0.25) is 0 Å². The summed E-state index contributed by atoms with van der Waals surface area (Å²) >= 11 is 5.89. The Balaban J connectivity index is 0.00000364. The van der Waals surface area contributed by atoms with Crippen molar-refractivity contribution in [3.8, 4) is 0 Å². The van der Waals surface area contributed by atoms with E-state index in [1.807, 2.05) is 48.5 Å². The van der Waals surface area contributed by atoms with Gasteiger partial charge in [-0.3, -0.25) is 10.3 Å². The number of halogens is 2. The number of methoxy groups -OCH3 is 1. The van der Waals surface area contributed by atoms with Gasteiger partial charge in [0.1, 0.15) is 0 Å². The molecule has 2 aromatic rings. The highest BCUT2D eigenvalue weighted by Gasteiger charge is 2.02. The van der Waals surface area contributed by atoms with Crippen LogP contribution in [0.5, 0.6) is 0 Å². The minimum absolute atomic E-state index is 0. The van der Waals surface area contributed by atoms with Crippen molar-refractivity contribution in [3.63, 3.8) is 0 Å². The molecule has 0 atom stereocenters. The van der Waals surface area contributed by atoms with Gasteiger partial charge in [0.15, 0.2) is 5.96 Å². The molecule has 0 bridgehead atoms. The summed E-state index contributed by atoms with van der Waals surface area (Å²) < 4.78 is 4.56. The normalized spacial score (nSPS) is 10.6. The van der Waals surface area contributed by atoms with E-state index in [1.54, 1.807) is 7.05 Å². The average Bonchev–Trinajstić information content (AvgIpc) is 2.67. The fraction of sp³-hybridized carbons (Fsp3) is 0.263. The first-order valence-electron chi connectivity index (χ1n) is 8.23. The molecule has 27 heavy (non-hydrogen) atoms. The van der Waals surface area contributed by atoms with E-state index in [-0.39, 0.29) is 24.0 Å². The van der Waals surface area contributed by atoms with Crippen LogP contribution in [0.1, 0.15) is 11.1 Å². The fourth-order valence-corrected chi connectivity index (χ4v) is 2.38. The van der Waals surface area contributed by atoms with Gasteiger partial charge in [-0.2, -0.15) is 0 Å². The largest absolute Gasteiger partial charge is 0.453 e. The number of nitrogens with one attached hydrogen (secondary N) is 3. The summed E-state index contributed by atoms with van der Waals surface area (Å²) in [6.07, 6.45) is 0.396. The molecular formula is C19H24ClIN4O2. The Kier molecular flexibility index (Phi) is 10.6. The monoisotopic (exact) mass is 502 g/mol. The van der Waals surface area contributed by atoms with E-state index in [4.69, 9.17) is 11.6 Å². The minimum atomic E-state index is -0.485. The average molecular weight is 503 g/mol. The number of rotatable bonds is 6. The summed E-state index contributed by atoms with van der Waals surface area (Å²) in [5.74, 6) is 0.732. The number of carbonyl (C=O) groups is 1. The molecule has 0 spiro atoms. The minimum Gasteiger partial charge on any atom is -0.453 e. The number of nitrogens with zero attached hydrogens (tertiary/aromatic N) is 1. The summed E-state index contributed by atoms with van der Waals surface area (Å²) in [5, 5.41) is 9.90. The molecule has 0 radical (unpaired) electrons. The zero-order valence-corrected chi connectivity index (χ0v) is 18.4. The molecule has 0 fully saturated rings. The highest BCUT2D eigenvalue weighted by atomic mass is 127. The zero-order chi connectivity index (χ0) is 18.8. The molecule has 8 heteroatoms. The number of carbonyl (C=O) groups excluding carboxylic acids is 1. The van der Waals surface area contributed by atoms with Crippen LogP contribution in [0.2, 0.25) is 5.02 Å². The van der Waals surface area contributed by atoms with Gasteiger partial charge in [-0.05, 0) is 41.8 Å². The summed E-state index contributed by atoms with van der Waals surface area (Å²) in [6.45, 7) is 1.39. The molecule has 0 unspecified atom stereocenters. The lowest BCUT2D eigenvalue weighted by Crippen LogP contribution is -2.37. The number of hydrogen-bond acceptors (Lipinski definition) is 3. The first-order valence-corrected chi connectivity index (χ1v) is 8.61. The third kappa shape index (κ3) is 8.49. The number of guanidine groups is 1. The zero-order valence-electron chi connectivity index (χ0n) is 15.3. The maximum Gasteiger partial charge on any atom is 0.411 e. The maximum atomic E-state index is 11.2. The van der Waals surface area contributed by atoms with Crippen LogP contribution in [-0.4, -0.2) is 32.8 Å². The lowest BCUT2D eigenvalue weighted by Gasteiger charge is -2.12. The van der Waals surface area contributed by atoms with E-state index in [0.29, 0.717) is 12.2 Å². The molecule has 0 aliphatic rings. The van der Waals surface area contributed by atoms with Crippen molar-refractivity contribution in [3.05, 3.63) is 64.7 Å². The second-order valence-corrected chi connectivity index (χ2v) is 5.98. The van der Waals surface area contributed by atoms with Crippen molar-refractivity contribution in [1.82, 2.24) is 10.6 Å². The number of ether oxygens (including phenoxy) is 1. The molecule has 6 nitrogen and oxygen atoms in total. The van der Waals surface area contributed by atoms with Crippen LogP contribution >= 0.6 is 35.6 Å². The number of anilines is 1. The van der Waals surface area contributed by atoms with Crippen molar-refractivity contribution in [2.45, 2.75) is 13.0 Å². The van der Waals surface area contributed by atoms with Crippen molar-refractivity contribution in [2.75, 3.05) is 26.0 Å². The van der Waals surface area contributed by atoms with E-state index >= 15 is 0 Å². The van der Waals surface area contributed by atoms with E-state index in [2.05, 4.69) is 25.7 Å². The molecular weight excluding hydrogens is 479 g/mol. The van der Waals surface area contributed by atoms with Crippen LogP contribution in [-0.2, 0) is 17.7 Å². The molecule has 2 rings (SSSR count). The molecule has 2 aromatic carbocycles. The summed E-state index contributed by atoms with van der Waals surface area (Å²) in [6, 6.07) is 15.3. The Hall–Kier alpha value is -2.00. The summed E-state index contributed by atoms with van der Waals surface area (Å²) in [7, 11) is 3.07. The molecule has 3 N–H and O–H groups in total. The van der Waals surface area contributed by atoms with E-state index in [1.165, 1.54) is 12.7 Å². The first-order chi connectivity index (χ1) is 12.6. The van der Waals surface area contributed by atoms with Crippen LogP contribution in [0.4, 0.5) is 10.5 Å². The molecule has 0 aromatic heterocycles. The van der Waals surface area contributed by atoms with Crippen molar-refractivity contribution < 1.29 is 9.53 Å². The van der Waals surface area contributed by atoms with Crippen molar-refractivity contribution >= 4 is 53.3 Å². The Bertz CT molecular complexity index is 736. The smallest absolute Gasteiger partial charge is 0.411 e. The Morgan fingerprint density at radius 1 is 1.04 bits per heavy atom. The topological polar surface area (TPSA) is 74.8 Å². The van der Waals surface area contributed by atoms with Crippen molar-refractivity contribution in [2.24, 2.45) is 4.99 Å². The summed E-state index contributed by atoms with van der Waals surface area (Å²) in [4.78, 5) is 15.4. The lowest BCUT2D eigenvalue weighted by molar-refractivity contribution is 0.187. The highest BCUT2D eigenvalue weighted by Crippen LogP contribution is 2.10. The van der Waals surface area contributed by atoms with Crippen LogP contribution < -0.4 is 16.0 Å². The summed E-state index contributed by atoms with van der Waals surface area (Å²) in [5.41, 5.74) is 2.97. The number of hydrogen-bond donors (Lipinski definition) is 3. The molecule has 0 aliphatic carbocycles. The van der Waals surface area contributed by atoms with Gasteiger partial charge in [-0.25, -0.2) is 4.79 Å². The third-order valence-electron chi connectivity index (χ3n) is 3.69. The predicted octanol–water partition coefficient (Wildman–Crippen LogP) is 4.04. The Morgan fingerprint density at radius 3 is 2.26 bits per heavy atom. The maximum absolute atomic E-state index is 11.2. The second-order valence-electron chi connectivity index (χ2n) is 5.54. The quantitative estimate of drug-likeness (QED) is 0.317. The number of benzene rings is 2. The SMILES string of the molecule is CN=C(NCCc1ccc(Cl)cc1)NCc1ccc(NC(=O)OC)cc1.I. The van der Waals surface area contributed by atoms with Gasteiger partial charge in [-0.15, -0.1) is 24.0 Å². The number of aliphatic imine (C=N–C) groups is 1. The molecule has 0 heterocycles. The molecule has 0 aliphatic heterocycles. The van der Waals surface area contributed by atoms with Gasteiger partial charge in [0, 0.05) is 30.8 Å². The second kappa shape index (κ2) is 12.4. The molecule has 0 saturated carbocycles. The predicted molar refractivity (Wildman–Crippen MR) is 121 cm³/mol. The van der Waals surface area contributed by atoms with E-state index < -0.39 is 6.09 Å². The van der Waals surface area contributed by atoms with E-state index in [0.717, 1.165) is 29.5 Å². The molecule has 0 saturated heterocycles. The van der Waals surface area contributed by atoms with Crippen LogP contribution in [0, 0.1) is 0 Å². The Morgan fingerprint density at radius 2 is 1.67 bits per heavy atom. The first kappa shape index (κ1) is 23.0. The van der Waals surface area contributed by atoms with Gasteiger partial charge in [0.25, 0.3) is 0 Å². The van der Waals surface area contributed by atoms with Crippen LogP contribution in [0.25, 0.3) is 0 Å². The lowest BCUT2D eigenvalue weighted by atomic mass is 10.1. The molecule has 146 valence electrons. The Labute approximate surface area is 181 Å². The molecule has 1 amide bonds. The van der Waals surface area contributed by atoms with Gasteiger partial charge < -0.3 is 15.4 Å². The van der Waals surface area contributed by atoms with Gasteiger partial charge in [-0.1, -0.05) is 35.9 Å². The van der Waals surface area contributed by atoms with Gasteiger partial charge in [0.05, 0.1) is 7.11 Å².